The van der Waals surface area contributed by atoms with Crippen LogP contribution in [0.1, 0.15) is 10.4 Å². The fourth-order valence-corrected chi connectivity index (χ4v) is 1.04. The van der Waals surface area contributed by atoms with Gasteiger partial charge in [0.2, 0.25) is 5.95 Å². The number of nitrogens with one attached hydrogen (secondary N) is 1. The molecule has 0 fully saturated rings. The molecule has 0 aliphatic heterocycles. The highest BCUT2D eigenvalue weighted by Gasteiger charge is 2.09. The number of hydrogen-bond donors (Lipinski definition) is 3. The molecule has 0 saturated heterocycles. The van der Waals surface area contributed by atoms with Crippen LogP contribution in [-0.2, 0) is 4.74 Å². The van der Waals surface area contributed by atoms with Gasteiger partial charge >= 0.3 is 5.97 Å². The van der Waals surface area contributed by atoms with Gasteiger partial charge in [-0.05, 0) is 0 Å². The minimum absolute atomic E-state index is 0.0119. The number of methoxy groups -OCH3 is 1. The normalized spacial score (nSPS) is 12.1. The molecule has 0 amide bonds. The monoisotopic (exact) mass is 227 g/mol. The van der Waals surface area contributed by atoms with E-state index < -0.39 is 5.97 Å². The first-order valence-corrected chi connectivity index (χ1v) is 4.59. The Morgan fingerprint density at radius 2 is 2.19 bits per heavy atom. The van der Waals surface area contributed by atoms with Crippen molar-refractivity contribution in [1.82, 2.24) is 9.97 Å². The second kappa shape index (κ2) is 5.99. The maximum atomic E-state index is 10.5. The maximum absolute atomic E-state index is 10.5. The lowest BCUT2D eigenvalue weighted by molar-refractivity contribution is 0.0696. The molecule has 1 heterocycles. The second-order valence-electron chi connectivity index (χ2n) is 3.08. The van der Waals surface area contributed by atoms with Crippen molar-refractivity contribution in [3.05, 3.63) is 18.0 Å². The van der Waals surface area contributed by atoms with E-state index >= 15 is 0 Å². The molecule has 0 aliphatic rings. The predicted octanol–water partition coefficient (Wildman–Crippen LogP) is -0.406. The van der Waals surface area contributed by atoms with Crippen LogP contribution in [0.4, 0.5) is 5.95 Å². The van der Waals surface area contributed by atoms with E-state index in [1.165, 1.54) is 19.5 Å². The van der Waals surface area contributed by atoms with Crippen LogP contribution in [0.2, 0.25) is 0 Å². The summed E-state index contributed by atoms with van der Waals surface area (Å²) in [5.41, 5.74) is 0.0119. The molecule has 0 aliphatic carbocycles. The zero-order valence-electron chi connectivity index (χ0n) is 8.75. The van der Waals surface area contributed by atoms with Crippen molar-refractivity contribution in [3.63, 3.8) is 0 Å². The Morgan fingerprint density at radius 3 is 2.62 bits per heavy atom. The van der Waals surface area contributed by atoms with Gasteiger partial charge in [-0.15, -0.1) is 0 Å². The van der Waals surface area contributed by atoms with Crippen LogP contribution >= 0.6 is 0 Å². The standard InChI is InChI=1S/C9H13N3O4/c1-16-5-7(4-13)12-9-10-2-6(3-11-9)8(14)15/h2-3,7,13H,4-5H2,1H3,(H,14,15)(H,10,11,12)/t7-/m0/s1. The van der Waals surface area contributed by atoms with Crippen LogP contribution in [0.3, 0.4) is 0 Å². The molecule has 1 atom stereocenters. The fraction of sp³-hybridized carbons (Fsp3) is 0.444. The summed E-state index contributed by atoms with van der Waals surface area (Å²) < 4.78 is 4.86. The highest BCUT2D eigenvalue weighted by Crippen LogP contribution is 2.02. The van der Waals surface area contributed by atoms with Crippen molar-refractivity contribution < 1.29 is 19.7 Å². The maximum Gasteiger partial charge on any atom is 0.338 e. The van der Waals surface area contributed by atoms with Gasteiger partial charge < -0.3 is 20.3 Å². The fourth-order valence-electron chi connectivity index (χ4n) is 1.04. The van der Waals surface area contributed by atoms with E-state index in [0.29, 0.717) is 6.61 Å². The number of nitrogens with zero attached hydrogens (tertiary/aromatic N) is 2. The van der Waals surface area contributed by atoms with E-state index in [1.54, 1.807) is 0 Å². The smallest absolute Gasteiger partial charge is 0.338 e. The van der Waals surface area contributed by atoms with Gasteiger partial charge in [0.25, 0.3) is 0 Å². The van der Waals surface area contributed by atoms with E-state index in [0.717, 1.165) is 0 Å². The number of aliphatic hydroxyl groups is 1. The first kappa shape index (κ1) is 12.3. The van der Waals surface area contributed by atoms with Gasteiger partial charge in [0.15, 0.2) is 0 Å². The largest absolute Gasteiger partial charge is 0.478 e. The molecular weight excluding hydrogens is 214 g/mol. The van der Waals surface area contributed by atoms with Crippen LogP contribution in [0, 0.1) is 0 Å². The SMILES string of the molecule is COC[C@H](CO)Nc1ncc(C(=O)O)cn1. The minimum atomic E-state index is -1.08. The Hall–Kier alpha value is -1.73. The number of rotatable bonds is 6. The van der Waals surface area contributed by atoms with E-state index in [9.17, 15) is 4.79 Å². The molecule has 0 unspecified atom stereocenters. The van der Waals surface area contributed by atoms with Crippen molar-refractivity contribution in [2.24, 2.45) is 0 Å². The topological polar surface area (TPSA) is 105 Å². The molecule has 16 heavy (non-hydrogen) atoms. The minimum Gasteiger partial charge on any atom is -0.478 e. The highest BCUT2D eigenvalue weighted by molar-refractivity contribution is 5.86. The molecular formula is C9H13N3O4. The number of aromatic nitrogens is 2. The molecule has 3 N–H and O–H groups in total. The lowest BCUT2D eigenvalue weighted by atomic mass is 10.3. The number of carboxylic acid groups (broad SMARTS) is 1. The molecule has 88 valence electrons. The van der Waals surface area contributed by atoms with Gasteiger partial charge in [0.05, 0.1) is 24.8 Å². The van der Waals surface area contributed by atoms with Gasteiger partial charge in [-0.1, -0.05) is 0 Å². The third-order valence-corrected chi connectivity index (χ3v) is 1.82. The molecule has 0 saturated carbocycles. The Morgan fingerprint density at radius 1 is 1.56 bits per heavy atom. The summed E-state index contributed by atoms with van der Waals surface area (Å²) in [6.45, 7) is 0.179. The summed E-state index contributed by atoms with van der Waals surface area (Å²) in [5, 5.41) is 20.4. The molecule has 1 aromatic heterocycles. The predicted molar refractivity (Wildman–Crippen MR) is 55.4 cm³/mol. The van der Waals surface area contributed by atoms with Crippen molar-refractivity contribution in [2.45, 2.75) is 6.04 Å². The van der Waals surface area contributed by atoms with Gasteiger partial charge in [0.1, 0.15) is 0 Å². The molecule has 0 bridgehead atoms. The number of anilines is 1. The third-order valence-electron chi connectivity index (χ3n) is 1.82. The second-order valence-corrected chi connectivity index (χ2v) is 3.08. The van der Waals surface area contributed by atoms with Crippen LogP contribution in [0.25, 0.3) is 0 Å². The number of ether oxygens (including phenoxy) is 1. The average molecular weight is 227 g/mol. The van der Waals surface area contributed by atoms with Crippen LogP contribution in [0.5, 0.6) is 0 Å². The van der Waals surface area contributed by atoms with E-state index in [1.807, 2.05) is 0 Å². The van der Waals surface area contributed by atoms with E-state index in [2.05, 4.69) is 15.3 Å². The molecule has 1 rings (SSSR count). The third kappa shape index (κ3) is 3.44. The lowest BCUT2D eigenvalue weighted by Gasteiger charge is -2.14. The summed E-state index contributed by atoms with van der Waals surface area (Å²) >= 11 is 0. The van der Waals surface area contributed by atoms with Gasteiger partial charge in [-0.3, -0.25) is 0 Å². The number of aliphatic hydroxyl groups excluding tert-OH is 1. The number of carboxylic acids is 1. The summed E-state index contributed by atoms with van der Waals surface area (Å²) in [6.07, 6.45) is 2.39. The Kier molecular flexibility index (Phi) is 4.62. The first-order chi connectivity index (χ1) is 7.67. The average Bonchev–Trinajstić information content (AvgIpc) is 2.29. The van der Waals surface area contributed by atoms with Gasteiger partial charge in [0, 0.05) is 19.5 Å². The van der Waals surface area contributed by atoms with Gasteiger partial charge in [-0.2, -0.15) is 0 Å². The zero-order chi connectivity index (χ0) is 12.0. The zero-order valence-corrected chi connectivity index (χ0v) is 8.75. The first-order valence-electron chi connectivity index (χ1n) is 4.59. The number of hydrogen-bond acceptors (Lipinski definition) is 6. The van der Waals surface area contributed by atoms with Gasteiger partial charge in [-0.25, -0.2) is 14.8 Å². The Balaban J connectivity index is 2.63. The van der Waals surface area contributed by atoms with E-state index in [4.69, 9.17) is 14.9 Å². The molecule has 0 aromatic carbocycles. The van der Waals surface area contributed by atoms with E-state index in [-0.39, 0.29) is 24.2 Å². The summed E-state index contributed by atoms with van der Waals surface area (Å²) in [4.78, 5) is 18.1. The molecule has 1 aromatic rings. The van der Waals surface area contributed by atoms with Crippen molar-refractivity contribution in [1.29, 1.82) is 0 Å². The molecule has 0 spiro atoms. The number of carbonyl (C=O) groups is 1. The number of aromatic carboxylic acids is 1. The van der Waals surface area contributed by atoms with Crippen molar-refractivity contribution in [2.75, 3.05) is 25.6 Å². The van der Waals surface area contributed by atoms with Crippen LogP contribution < -0.4 is 5.32 Å². The highest BCUT2D eigenvalue weighted by atomic mass is 16.5. The molecule has 7 heteroatoms. The lowest BCUT2D eigenvalue weighted by Crippen LogP contribution is -2.29. The van der Waals surface area contributed by atoms with Crippen LogP contribution in [0.15, 0.2) is 12.4 Å². The van der Waals surface area contributed by atoms with Crippen LogP contribution in [-0.4, -0.2) is 52.5 Å². The summed E-state index contributed by atoms with van der Waals surface area (Å²) in [5.74, 6) is -0.830. The molecule has 0 radical (unpaired) electrons. The summed E-state index contributed by atoms with van der Waals surface area (Å²) in [7, 11) is 1.51. The quantitative estimate of drug-likeness (QED) is 0.607. The summed E-state index contributed by atoms with van der Waals surface area (Å²) in [6, 6.07) is -0.319. The van der Waals surface area contributed by atoms with Crippen molar-refractivity contribution >= 4 is 11.9 Å². The molecule has 7 nitrogen and oxygen atoms in total. The Labute approximate surface area is 92.1 Å². The Bertz CT molecular complexity index is 341. The van der Waals surface area contributed by atoms with Crippen molar-refractivity contribution in [3.8, 4) is 0 Å².